The van der Waals surface area contributed by atoms with Crippen LogP contribution in [0.2, 0.25) is 0 Å². The van der Waals surface area contributed by atoms with Gasteiger partial charge >= 0.3 is 0 Å². The van der Waals surface area contributed by atoms with Crippen LogP contribution in [0.5, 0.6) is 11.5 Å². The predicted molar refractivity (Wildman–Crippen MR) is 80.7 cm³/mol. The van der Waals surface area contributed by atoms with E-state index >= 15 is 0 Å². The number of hydrogen-bond acceptors (Lipinski definition) is 4. The summed E-state index contributed by atoms with van der Waals surface area (Å²) < 4.78 is 25.1. The normalized spacial score (nSPS) is 19.5. The number of nitrogens with one attached hydrogen (secondary N) is 1. The number of piperazine rings is 1. The van der Waals surface area contributed by atoms with Crippen LogP contribution in [0.15, 0.2) is 16.6 Å². The van der Waals surface area contributed by atoms with E-state index in [1.165, 1.54) is 0 Å². The van der Waals surface area contributed by atoms with Crippen LogP contribution in [0.25, 0.3) is 0 Å². The maximum atomic E-state index is 13.5. The molecule has 4 nitrogen and oxygen atoms in total. The number of ether oxygens (including phenoxy) is 2. The van der Waals surface area contributed by atoms with Crippen LogP contribution in [-0.2, 0) is 0 Å². The second kappa shape index (κ2) is 6.93. The summed E-state index contributed by atoms with van der Waals surface area (Å²) in [5.74, 6) is 1.42. The number of halogens is 3. The zero-order valence-electron chi connectivity index (χ0n) is 10.9. The molecule has 20 heavy (non-hydrogen) atoms. The summed E-state index contributed by atoms with van der Waals surface area (Å²) in [6.45, 7) is 3.35. The number of fused-ring (bicyclic) bond motifs is 1. The van der Waals surface area contributed by atoms with Crippen molar-refractivity contribution in [3.63, 3.8) is 0 Å². The van der Waals surface area contributed by atoms with Crippen molar-refractivity contribution in [2.75, 3.05) is 39.6 Å². The Labute approximate surface area is 132 Å². The van der Waals surface area contributed by atoms with Gasteiger partial charge < -0.3 is 14.8 Å². The van der Waals surface area contributed by atoms with E-state index < -0.39 is 6.67 Å². The Hall–Kier alpha value is -0.560. The van der Waals surface area contributed by atoms with Gasteiger partial charge in [-0.1, -0.05) is 15.9 Å². The molecule has 1 aromatic carbocycles. The summed E-state index contributed by atoms with van der Waals surface area (Å²) >= 11 is 3.51. The molecule has 1 atom stereocenters. The van der Waals surface area contributed by atoms with E-state index in [1.807, 2.05) is 12.1 Å². The molecule has 0 radical (unpaired) electrons. The molecule has 1 aromatic rings. The van der Waals surface area contributed by atoms with Crippen molar-refractivity contribution in [1.29, 1.82) is 0 Å². The summed E-state index contributed by atoms with van der Waals surface area (Å²) in [5, 5.41) is 3.28. The third kappa shape index (κ3) is 3.03. The lowest BCUT2D eigenvalue weighted by Crippen LogP contribution is -2.45. The zero-order valence-corrected chi connectivity index (χ0v) is 13.3. The topological polar surface area (TPSA) is 33.7 Å². The number of alkyl halides is 1. The molecule has 7 heteroatoms. The Morgan fingerprint density at radius 2 is 1.90 bits per heavy atom. The Morgan fingerprint density at radius 1 is 1.25 bits per heavy atom. The highest BCUT2D eigenvalue weighted by atomic mass is 79.9. The monoisotopic (exact) mass is 366 g/mol. The van der Waals surface area contributed by atoms with Gasteiger partial charge in [-0.2, -0.15) is 0 Å². The lowest BCUT2D eigenvalue weighted by Gasteiger charge is -2.34. The molecule has 1 fully saturated rings. The first-order valence-electron chi connectivity index (χ1n) is 6.39. The molecule has 0 amide bonds. The summed E-state index contributed by atoms with van der Waals surface area (Å²) in [4.78, 5) is 2.17. The van der Waals surface area contributed by atoms with Crippen molar-refractivity contribution in [2.45, 2.75) is 6.04 Å². The standard InChI is InChI=1S/C13H16BrFN2O2.ClH/c14-10-6-13-12(18-8-19-13)5-9(10)11(7-15)17-3-1-16-2-4-17;/h5-6,11,16H,1-4,7-8H2;1H/t11-;/m1./s1. The highest BCUT2D eigenvalue weighted by Crippen LogP contribution is 2.40. The summed E-state index contributed by atoms with van der Waals surface area (Å²) in [6, 6.07) is 3.52. The third-order valence-electron chi connectivity index (χ3n) is 3.59. The molecule has 0 unspecified atom stereocenters. The minimum Gasteiger partial charge on any atom is -0.454 e. The minimum absolute atomic E-state index is 0. The average Bonchev–Trinajstić information content (AvgIpc) is 2.88. The Bertz CT molecular complexity index is 472. The number of benzene rings is 1. The van der Waals surface area contributed by atoms with E-state index in [9.17, 15) is 4.39 Å². The molecule has 0 aromatic heterocycles. The third-order valence-corrected chi connectivity index (χ3v) is 4.28. The molecule has 2 heterocycles. The number of nitrogens with zero attached hydrogens (tertiary/aromatic N) is 1. The van der Waals surface area contributed by atoms with Crippen LogP contribution < -0.4 is 14.8 Å². The molecule has 0 spiro atoms. The highest BCUT2D eigenvalue weighted by Gasteiger charge is 2.26. The Morgan fingerprint density at radius 3 is 2.55 bits per heavy atom. The summed E-state index contributed by atoms with van der Waals surface area (Å²) in [7, 11) is 0. The van der Waals surface area contributed by atoms with Gasteiger partial charge in [0.15, 0.2) is 11.5 Å². The quantitative estimate of drug-likeness (QED) is 0.890. The van der Waals surface area contributed by atoms with E-state index in [-0.39, 0.29) is 25.2 Å². The van der Waals surface area contributed by atoms with Gasteiger partial charge in [0.1, 0.15) is 6.67 Å². The van der Waals surface area contributed by atoms with Crippen molar-refractivity contribution >= 4 is 28.3 Å². The molecular formula is C13H17BrClFN2O2. The van der Waals surface area contributed by atoms with E-state index in [1.54, 1.807) is 0 Å². The van der Waals surface area contributed by atoms with Gasteiger partial charge in [-0.05, 0) is 17.7 Å². The van der Waals surface area contributed by atoms with E-state index in [0.717, 1.165) is 36.2 Å². The van der Waals surface area contributed by atoms with Crippen molar-refractivity contribution in [2.24, 2.45) is 0 Å². The van der Waals surface area contributed by atoms with Gasteiger partial charge in [-0.25, -0.2) is 4.39 Å². The van der Waals surface area contributed by atoms with Crippen molar-refractivity contribution in [3.8, 4) is 11.5 Å². The number of rotatable bonds is 3. The molecule has 2 aliphatic rings. The van der Waals surface area contributed by atoms with Gasteiger partial charge in [0.2, 0.25) is 6.79 Å². The van der Waals surface area contributed by atoms with Gasteiger partial charge in [0.25, 0.3) is 0 Å². The summed E-state index contributed by atoms with van der Waals surface area (Å²) in [6.07, 6.45) is 0. The lowest BCUT2D eigenvalue weighted by molar-refractivity contribution is 0.146. The fourth-order valence-corrected chi connectivity index (χ4v) is 3.15. The molecule has 3 rings (SSSR count). The molecule has 1 saturated heterocycles. The minimum atomic E-state index is -0.405. The van der Waals surface area contributed by atoms with Gasteiger partial charge in [0.05, 0.1) is 6.04 Å². The van der Waals surface area contributed by atoms with Crippen molar-refractivity contribution in [1.82, 2.24) is 10.2 Å². The van der Waals surface area contributed by atoms with Crippen LogP contribution in [-0.4, -0.2) is 44.5 Å². The predicted octanol–water partition coefficient (Wildman–Crippen LogP) is 2.52. The van der Waals surface area contributed by atoms with E-state index in [2.05, 4.69) is 26.1 Å². The number of hydrogen-bond donors (Lipinski definition) is 1. The first-order valence-corrected chi connectivity index (χ1v) is 7.18. The first-order chi connectivity index (χ1) is 9.29. The molecular weight excluding hydrogens is 351 g/mol. The van der Waals surface area contributed by atoms with Crippen LogP contribution >= 0.6 is 28.3 Å². The van der Waals surface area contributed by atoms with E-state index in [0.29, 0.717) is 11.5 Å². The molecule has 0 bridgehead atoms. The molecule has 0 aliphatic carbocycles. The molecule has 112 valence electrons. The van der Waals surface area contributed by atoms with Gasteiger partial charge in [-0.15, -0.1) is 12.4 Å². The maximum absolute atomic E-state index is 13.5. The smallest absolute Gasteiger partial charge is 0.231 e. The first kappa shape index (κ1) is 15.8. The van der Waals surface area contributed by atoms with Gasteiger partial charge in [0, 0.05) is 30.7 Å². The maximum Gasteiger partial charge on any atom is 0.231 e. The van der Waals surface area contributed by atoms with Crippen LogP contribution in [0.3, 0.4) is 0 Å². The fourth-order valence-electron chi connectivity index (χ4n) is 2.56. The average molecular weight is 368 g/mol. The molecule has 2 aliphatic heterocycles. The lowest BCUT2D eigenvalue weighted by atomic mass is 10.0. The largest absolute Gasteiger partial charge is 0.454 e. The summed E-state index contributed by atoms with van der Waals surface area (Å²) in [5.41, 5.74) is 0.925. The highest BCUT2D eigenvalue weighted by molar-refractivity contribution is 9.10. The molecule has 0 saturated carbocycles. The second-order valence-corrected chi connectivity index (χ2v) is 5.54. The Balaban J connectivity index is 0.00000147. The zero-order chi connectivity index (χ0) is 13.2. The fraction of sp³-hybridized carbons (Fsp3) is 0.538. The molecule has 1 N–H and O–H groups in total. The van der Waals surface area contributed by atoms with Crippen molar-refractivity contribution in [3.05, 3.63) is 22.2 Å². The van der Waals surface area contributed by atoms with Crippen LogP contribution in [0.4, 0.5) is 4.39 Å². The van der Waals surface area contributed by atoms with Crippen LogP contribution in [0.1, 0.15) is 11.6 Å². The van der Waals surface area contributed by atoms with Gasteiger partial charge in [-0.3, -0.25) is 4.90 Å². The van der Waals surface area contributed by atoms with Crippen molar-refractivity contribution < 1.29 is 13.9 Å². The SMILES string of the molecule is Cl.FC[C@H](c1cc2c(cc1Br)OCO2)N1CCNCC1. The van der Waals surface area contributed by atoms with E-state index in [4.69, 9.17) is 9.47 Å². The Kier molecular flexibility index (Phi) is 5.49. The second-order valence-electron chi connectivity index (χ2n) is 4.68. The van der Waals surface area contributed by atoms with Crippen LogP contribution in [0, 0.1) is 0 Å².